The Hall–Kier alpha value is -2.38. The van der Waals surface area contributed by atoms with E-state index < -0.39 is 0 Å². The molecule has 0 atom stereocenters. The van der Waals surface area contributed by atoms with Crippen LogP contribution >= 0.6 is 23.1 Å². The molecule has 0 unspecified atom stereocenters. The zero-order valence-corrected chi connectivity index (χ0v) is 16.7. The summed E-state index contributed by atoms with van der Waals surface area (Å²) in [5.74, 6) is 0.273. The number of carbonyl (C=O) groups excluding carboxylic acids is 1. The van der Waals surface area contributed by atoms with E-state index in [4.69, 9.17) is 0 Å². The standard InChI is InChI=1S/C20H22N4OS2/c1-2-13-21-19-23-24-20(27-19)26-14-17(25)22-18(15-9-5-3-6-10-15)16-11-7-4-8-12-16/h3-12,18H,2,13-14H2,1H3,(H,21,23)(H,22,25). The van der Waals surface area contributed by atoms with E-state index in [0.717, 1.165) is 33.6 Å². The highest BCUT2D eigenvalue weighted by Gasteiger charge is 2.17. The van der Waals surface area contributed by atoms with Gasteiger partial charge < -0.3 is 10.6 Å². The molecule has 0 aliphatic rings. The van der Waals surface area contributed by atoms with E-state index in [2.05, 4.69) is 27.8 Å². The molecule has 7 heteroatoms. The van der Waals surface area contributed by atoms with Crippen molar-refractivity contribution >= 4 is 34.1 Å². The summed E-state index contributed by atoms with van der Waals surface area (Å²) in [4.78, 5) is 12.6. The molecular weight excluding hydrogens is 376 g/mol. The summed E-state index contributed by atoms with van der Waals surface area (Å²) in [6.45, 7) is 2.97. The van der Waals surface area contributed by atoms with Crippen LogP contribution in [0.25, 0.3) is 0 Å². The van der Waals surface area contributed by atoms with E-state index in [1.165, 1.54) is 23.1 Å². The van der Waals surface area contributed by atoms with Crippen LogP contribution in [0.4, 0.5) is 5.13 Å². The number of carbonyl (C=O) groups is 1. The molecule has 2 N–H and O–H groups in total. The second-order valence-electron chi connectivity index (χ2n) is 5.91. The SMILES string of the molecule is CCCNc1nnc(SCC(=O)NC(c2ccccc2)c2ccccc2)s1. The predicted molar refractivity (Wildman–Crippen MR) is 112 cm³/mol. The maximum absolute atomic E-state index is 12.6. The number of nitrogens with zero attached hydrogens (tertiary/aromatic N) is 2. The number of anilines is 1. The summed E-state index contributed by atoms with van der Waals surface area (Å²) in [7, 11) is 0. The highest BCUT2D eigenvalue weighted by atomic mass is 32.2. The smallest absolute Gasteiger partial charge is 0.231 e. The minimum Gasteiger partial charge on any atom is -0.360 e. The van der Waals surface area contributed by atoms with Crippen LogP contribution in [0, 0.1) is 0 Å². The molecule has 140 valence electrons. The van der Waals surface area contributed by atoms with E-state index in [-0.39, 0.29) is 11.9 Å². The van der Waals surface area contributed by atoms with Crippen LogP contribution in [0.2, 0.25) is 0 Å². The van der Waals surface area contributed by atoms with E-state index in [9.17, 15) is 4.79 Å². The van der Waals surface area contributed by atoms with Crippen molar-refractivity contribution in [1.82, 2.24) is 15.5 Å². The first-order valence-electron chi connectivity index (χ1n) is 8.85. The average molecular weight is 399 g/mol. The van der Waals surface area contributed by atoms with Gasteiger partial charge in [0, 0.05) is 6.54 Å². The topological polar surface area (TPSA) is 66.9 Å². The van der Waals surface area contributed by atoms with Crippen molar-refractivity contribution in [1.29, 1.82) is 0 Å². The van der Waals surface area contributed by atoms with Crippen LogP contribution < -0.4 is 10.6 Å². The third kappa shape index (κ3) is 5.80. The summed E-state index contributed by atoms with van der Waals surface area (Å²) in [6, 6.07) is 19.8. The van der Waals surface area contributed by atoms with Gasteiger partial charge in [-0.2, -0.15) is 0 Å². The van der Waals surface area contributed by atoms with E-state index in [1.807, 2.05) is 60.7 Å². The summed E-state index contributed by atoms with van der Waals surface area (Å²) in [5, 5.41) is 15.4. The summed E-state index contributed by atoms with van der Waals surface area (Å²) < 4.78 is 0.791. The average Bonchev–Trinajstić information content (AvgIpc) is 3.18. The number of amides is 1. The number of nitrogens with one attached hydrogen (secondary N) is 2. The summed E-state index contributed by atoms with van der Waals surface area (Å²) in [6.07, 6.45) is 1.03. The second kappa shape index (κ2) is 10.1. The van der Waals surface area contributed by atoms with Crippen LogP contribution in [0.1, 0.15) is 30.5 Å². The molecule has 1 amide bonds. The number of hydrogen-bond acceptors (Lipinski definition) is 6. The minimum absolute atomic E-state index is 0.0315. The first-order chi connectivity index (χ1) is 13.3. The molecule has 0 saturated heterocycles. The zero-order valence-electron chi connectivity index (χ0n) is 15.1. The maximum Gasteiger partial charge on any atom is 0.231 e. The fourth-order valence-electron chi connectivity index (χ4n) is 2.55. The van der Waals surface area contributed by atoms with Crippen molar-refractivity contribution in [2.24, 2.45) is 0 Å². The number of aromatic nitrogens is 2. The monoisotopic (exact) mass is 398 g/mol. The lowest BCUT2D eigenvalue weighted by Gasteiger charge is -2.19. The van der Waals surface area contributed by atoms with Gasteiger partial charge in [0.25, 0.3) is 0 Å². The van der Waals surface area contributed by atoms with Crippen LogP contribution in [-0.4, -0.2) is 28.4 Å². The lowest BCUT2D eigenvalue weighted by Crippen LogP contribution is -2.30. The second-order valence-corrected chi connectivity index (χ2v) is 8.11. The van der Waals surface area contributed by atoms with E-state index in [0.29, 0.717) is 5.75 Å². The molecule has 0 saturated carbocycles. The normalized spacial score (nSPS) is 10.7. The molecule has 1 heterocycles. The molecule has 0 radical (unpaired) electrons. The Kier molecular flexibility index (Phi) is 7.24. The lowest BCUT2D eigenvalue weighted by molar-refractivity contribution is -0.119. The molecule has 3 aromatic rings. The number of rotatable bonds is 9. The highest BCUT2D eigenvalue weighted by Crippen LogP contribution is 2.26. The van der Waals surface area contributed by atoms with Crippen molar-refractivity contribution in [2.75, 3.05) is 17.6 Å². The van der Waals surface area contributed by atoms with Gasteiger partial charge in [-0.15, -0.1) is 10.2 Å². The van der Waals surface area contributed by atoms with Gasteiger partial charge >= 0.3 is 0 Å². The van der Waals surface area contributed by atoms with Gasteiger partial charge in [-0.3, -0.25) is 4.79 Å². The van der Waals surface area contributed by atoms with E-state index >= 15 is 0 Å². The molecule has 5 nitrogen and oxygen atoms in total. The van der Waals surface area contributed by atoms with Crippen molar-refractivity contribution in [3.8, 4) is 0 Å². The number of benzene rings is 2. The predicted octanol–water partition coefficient (Wildman–Crippen LogP) is 4.36. The Bertz CT molecular complexity index is 800. The third-order valence-electron chi connectivity index (χ3n) is 3.83. The van der Waals surface area contributed by atoms with Crippen LogP contribution in [-0.2, 0) is 4.79 Å². The summed E-state index contributed by atoms with van der Waals surface area (Å²) >= 11 is 2.88. The largest absolute Gasteiger partial charge is 0.360 e. The van der Waals surface area contributed by atoms with Crippen molar-refractivity contribution in [3.05, 3.63) is 71.8 Å². The first-order valence-corrected chi connectivity index (χ1v) is 10.7. The Morgan fingerprint density at radius 2 is 1.67 bits per heavy atom. The van der Waals surface area contributed by atoms with Gasteiger partial charge in [-0.1, -0.05) is 90.7 Å². The fourth-order valence-corrected chi connectivity index (χ4v) is 4.14. The molecule has 27 heavy (non-hydrogen) atoms. The maximum atomic E-state index is 12.6. The third-order valence-corrected chi connectivity index (χ3v) is 5.84. The molecule has 0 fully saturated rings. The van der Waals surface area contributed by atoms with Crippen LogP contribution in [0.3, 0.4) is 0 Å². The van der Waals surface area contributed by atoms with Gasteiger partial charge in [0.05, 0.1) is 11.8 Å². The van der Waals surface area contributed by atoms with E-state index in [1.54, 1.807) is 0 Å². The van der Waals surface area contributed by atoms with Crippen LogP contribution in [0.15, 0.2) is 65.0 Å². The Balaban J connectivity index is 1.62. The van der Waals surface area contributed by atoms with Gasteiger partial charge in [0.1, 0.15) is 0 Å². The lowest BCUT2D eigenvalue weighted by atomic mass is 9.99. The first kappa shape index (κ1) is 19.4. The minimum atomic E-state index is -0.170. The van der Waals surface area contributed by atoms with Crippen molar-refractivity contribution in [2.45, 2.75) is 23.7 Å². The molecule has 0 aliphatic carbocycles. The molecular formula is C20H22N4OS2. The Morgan fingerprint density at radius 1 is 1.04 bits per heavy atom. The summed E-state index contributed by atoms with van der Waals surface area (Å²) in [5.41, 5.74) is 2.12. The van der Waals surface area contributed by atoms with Crippen molar-refractivity contribution in [3.63, 3.8) is 0 Å². The Morgan fingerprint density at radius 3 is 2.26 bits per heavy atom. The molecule has 3 rings (SSSR count). The fraction of sp³-hybridized carbons (Fsp3) is 0.250. The van der Waals surface area contributed by atoms with Crippen molar-refractivity contribution < 1.29 is 4.79 Å². The Labute approximate surface area is 167 Å². The van der Waals surface area contributed by atoms with Gasteiger partial charge in [0.15, 0.2) is 4.34 Å². The molecule has 0 spiro atoms. The zero-order chi connectivity index (χ0) is 18.9. The quantitative estimate of drug-likeness (QED) is 0.524. The molecule has 0 aliphatic heterocycles. The van der Waals surface area contributed by atoms with Gasteiger partial charge in [-0.05, 0) is 17.5 Å². The highest BCUT2D eigenvalue weighted by molar-refractivity contribution is 8.01. The van der Waals surface area contributed by atoms with Crippen LogP contribution in [0.5, 0.6) is 0 Å². The van der Waals surface area contributed by atoms with Gasteiger partial charge in [0.2, 0.25) is 11.0 Å². The molecule has 1 aromatic heterocycles. The number of hydrogen-bond donors (Lipinski definition) is 2. The number of thioether (sulfide) groups is 1. The molecule has 2 aromatic carbocycles. The van der Waals surface area contributed by atoms with Gasteiger partial charge in [-0.25, -0.2) is 0 Å². The molecule has 0 bridgehead atoms.